The molecule has 1 saturated heterocycles. The first kappa shape index (κ1) is 16.4. The first-order valence-electron chi connectivity index (χ1n) is 7.61. The second-order valence-corrected chi connectivity index (χ2v) is 6.61. The van der Waals surface area contributed by atoms with Crippen molar-refractivity contribution in [2.24, 2.45) is 7.05 Å². The van der Waals surface area contributed by atoms with Crippen molar-refractivity contribution in [1.82, 2.24) is 9.47 Å². The summed E-state index contributed by atoms with van der Waals surface area (Å²) in [4.78, 5) is 16.3. The van der Waals surface area contributed by atoms with Crippen molar-refractivity contribution in [2.75, 3.05) is 31.1 Å². The highest BCUT2D eigenvalue weighted by Crippen LogP contribution is 2.32. The van der Waals surface area contributed by atoms with E-state index in [9.17, 15) is 4.79 Å². The largest absolute Gasteiger partial charge is 0.368 e. The molecular weight excluding hydrogens is 333 g/mol. The molecule has 0 aliphatic carbocycles. The molecule has 0 bridgehead atoms. The minimum Gasteiger partial charge on any atom is -0.368 e. The SMILES string of the molecule is Cn1ccc(CN2CCN(c3cccc(Cl)c3Cl)CC2)cc1=O. The second-order valence-electron chi connectivity index (χ2n) is 5.82. The van der Waals surface area contributed by atoms with Crippen molar-refractivity contribution in [3.05, 3.63) is 62.5 Å². The Bertz CT molecular complexity index is 752. The van der Waals surface area contributed by atoms with Crippen LogP contribution < -0.4 is 10.5 Å². The number of halogens is 2. The van der Waals surface area contributed by atoms with Gasteiger partial charge in [-0.2, -0.15) is 0 Å². The maximum atomic E-state index is 11.7. The fourth-order valence-corrected chi connectivity index (χ4v) is 3.24. The molecule has 3 rings (SSSR count). The van der Waals surface area contributed by atoms with Crippen molar-refractivity contribution in [3.8, 4) is 0 Å². The Balaban J connectivity index is 1.63. The fraction of sp³-hybridized carbons (Fsp3) is 0.353. The van der Waals surface area contributed by atoms with Gasteiger partial charge in [-0.05, 0) is 23.8 Å². The molecule has 0 atom stereocenters. The molecule has 1 fully saturated rings. The molecule has 0 unspecified atom stereocenters. The standard InChI is InChI=1S/C17H19Cl2N3O/c1-20-6-5-13(11-16(20)23)12-21-7-9-22(10-8-21)15-4-2-3-14(18)17(15)19/h2-6,11H,7-10,12H2,1H3. The number of pyridine rings is 1. The third-order valence-corrected chi connectivity index (χ3v) is 5.03. The van der Waals surface area contributed by atoms with E-state index >= 15 is 0 Å². The monoisotopic (exact) mass is 351 g/mol. The van der Waals surface area contributed by atoms with Crippen molar-refractivity contribution >= 4 is 28.9 Å². The average Bonchev–Trinajstić information content (AvgIpc) is 2.55. The molecule has 1 aliphatic heterocycles. The van der Waals surface area contributed by atoms with E-state index in [4.69, 9.17) is 23.2 Å². The molecule has 0 amide bonds. The summed E-state index contributed by atoms with van der Waals surface area (Å²) in [5.74, 6) is 0. The van der Waals surface area contributed by atoms with Gasteiger partial charge in [-0.1, -0.05) is 29.3 Å². The molecule has 0 saturated carbocycles. The molecule has 2 aromatic rings. The van der Waals surface area contributed by atoms with Crippen LogP contribution >= 0.6 is 23.2 Å². The zero-order chi connectivity index (χ0) is 16.4. The first-order valence-corrected chi connectivity index (χ1v) is 8.37. The van der Waals surface area contributed by atoms with Crippen LogP contribution in [0.25, 0.3) is 0 Å². The lowest BCUT2D eigenvalue weighted by molar-refractivity contribution is 0.249. The van der Waals surface area contributed by atoms with Gasteiger partial charge in [0, 0.05) is 52.0 Å². The lowest BCUT2D eigenvalue weighted by atomic mass is 10.2. The molecule has 0 N–H and O–H groups in total. The van der Waals surface area contributed by atoms with Crippen molar-refractivity contribution in [3.63, 3.8) is 0 Å². The molecule has 4 nitrogen and oxygen atoms in total. The number of hydrogen-bond donors (Lipinski definition) is 0. The van der Waals surface area contributed by atoms with Gasteiger partial charge in [-0.15, -0.1) is 0 Å². The Morgan fingerprint density at radius 2 is 1.83 bits per heavy atom. The quantitative estimate of drug-likeness (QED) is 0.850. The summed E-state index contributed by atoms with van der Waals surface area (Å²) in [5, 5.41) is 1.21. The number of aryl methyl sites for hydroxylation is 1. The van der Waals surface area contributed by atoms with E-state index in [1.165, 1.54) is 0 Å². The molecule has 2 heterocycles. The Labute approximate surface area is 145 Å². The van der Waals surface area contributed by atoms with Crippen LogP contribution in [0.1, 0.15) is 5.56 Å². The highest BCUT2D eigenvalue weighted by atomic mass is 35.5. The Morgan fingerprint density at radius 1 is 1.09 bits per heavy atom. The van der Waals surface area contributed by atoms with Gasteiger partial charge in [0.05, 0.1) is 15.7 Å². The van der Waals surface area contributed by atoms with Gasteiger partial charge in [-0.3, -0.25) is 9.69 Å². The van der Waals surface area contributed by atoms with Gasteiger partial charge in [0.25, 0.3) is 5.56 Å². The number of hydrogen-bond acceptors (Lipinski definition) is 3. The first-order chi connectivity index (χ1) is 11.0. The van der Waals surface area contributed by atoms with Crippen LogP contribution in [0.5, 0.6) is 0 Å². The van der Waals surface area contributed by atoms with E-state index in [1.54, 1.807) is 23.7 Å². The summed E-state index contributed by atoms with van der Waals surface area (Å²) in [7, 11) is 1.76. The molecule has 0 radical (unpaired) electrons. The van der Waals surface area contributed by atoms with Gasteiger partial charge < -0.3 is 9.47 Å². The molecule has 1 aliphatic rings. The third-order valence-electron chi connectivity index (χ3n) is 4.22. The van der Waals surface area contributed by atoms with Gasteiger partial charge >= 0.3 is 0 Å². The van der Waals surface area contributed by atoms with E-state index < -0.39 is 0 Å². The minimum atomic E-state index is 0.0341. The van der Waals surface area contributed by atoms with Gasteiger partial charge in [0.2, 0.25) is 0 Å². The zero-order valence-corrected chi connectivity index (χ0v) is 14.5. The van der Waals surface area contributed by atoms with E-state index in [0.29, 0.717) is 10.0 Å². The summed E-state index contributed by atoms with van der Waals surface area (Å²) in [5.41, 5.74) is 2.08. The van der Waals surface area contributed by atoms with Gasteiger partial charge in [-0.25, -0.2) is 0 Å². The van der Waals surface area contributed by atoms with Crippen molar-refractivity contribution in [1.29, 1.82) is 0 Å². The molecule has 1 aromatic heterocycles. The van der Waals surface area contributed by atoms with Gasteiger partial charge in [0.15, 0.2) is 0 Å². The second kappa shape index (κ2) is 6.95. The maximum absolute atomic E-state index is 11.7. The number of anilines is 1. The van der Waals surface area contributed by atoms with Crippen LogP contribution in [0.3, 0.4) is 0 Å². The normalized spacial score (nSPS) is 15.9. The highest BCUT2D eigenvalue weighted by Gasteiger charge is 2.19. The third kappa shape index (κ3) is 3.71. The predicted octanol–water partition coefficient (Wildman–Crippen LogP) is 3.01. The summed E-state index contributed by atoms with van der Waals surface area (Å²) >= 11 is 12.4. The maximum Gasteiger partial charge on any atom is 0.250 e. The van der Waals surface area contributed by atoms with Crippen LogP contribution in [-0.2, 0) is 13.6 Å². The zero-order valence-electron chi connectivity index (χ0n) is 13.0. The molecule has 0 spiro atoms. The summed E-state index contributed by atoms with van der Waals surface area (Å²) < 4.78 is 1.59. The highest BCUT2D eigenvalue weighted by molar-refractivity contribution is 6.43. The Morgan fingerprint density at radius 3 is 2.52 bits per heavy atom. The molecule has 6 heteroatoms. The molecule has 122 valence electrons. The number of aromatic nitrogens is 1. The lowest BCUT2D eigenvalue weighted by Gasteiger charge is -2.36. The number of nitrogens with zero attached hydrogens (tertiary/aromatic N) is 3. The van der Waals surface area contributed by atoms with Crippen molar-refractivity contribution in [2.45, 2.75) is 6.54 Å². The average molecular weight is 352 g/mol. The van der Waals surface area contributed by atoms with Crippen LogP contribution in [-0.4, -0.2) is 35.6 Å². The molecular formula is C17H19Cl2N3O. The summed E-state index contributed by atoms with van der Waals surface area (Å²) in [6, 6.07) is 9.45. The number of rotatable bonds is 3. The van der Waals surface area contributed by atoms with Crippen molar-refractivity contribution < 1.29 is 0 Å². The molecule has 23 heavy (non-hydrogen) atoms. The van der Waals surface area contributed by atoms with E-state index in [2.05, 4.69) is 9.80 Å². The van der Waals surface area contributed by atoms with Crippen LogP contribution in [0, 0.1) is 0 Å². The lowest BCUT2D eigenvalue weighted by Crippen LogP contribution is -2.46. The Hall–Kier alpha value is -1.49. The summed E-state index contributed by atoms with van der Waals surface area (Å²) in [6.07, 6.45) is 1.82. The minimum absolute atomic E-state index is 0.0341. The van der Waals surface area contributed by atoms with Crippen LogP contribution in [0.2, 0.25) is 10.0 Å². The molecule has 1 aromatic carbocycles. The predicted molar refractivity (Wildman–Crippen MR) is 95.6 cm³/mol. The van der Waals surface area contributed by atoms with E-state index in [1.807, 2.05) is 24.4 Å². The number of piperazine rings is 1. The van der Waals surface area contributed by atoms with Crippen LogP contribution in [0.15, 0.2) is 41.3 Å². The van der Waals surface area contributed by atoms with E-state index in [-0.39, 0.29) is 5.56 Å². The smallest absolute Gasteiger partial charge is 0.250 e. The topological polar surface area (TPSA) is 28.5 Å². The van der Waals surface area contributed by atoms with Crippen LogP contribution in [0.4, 0.5) is 5.69 Å². The Kier molecular flexibility index (Phi) is 4.95. The number of benzene rings is 1. The van der Waals surface area contributed by atoms with E-state index in [0.717, 1.165) is 44.0 Å². The summed E-state index contributed by atoms with van der Waals surface area (Å²) in [6.45, 7) is 4.44. The van der Waals surface area contributed by atoms with Gasteiger partial charge in [0.1, 0.15) is 0 Å². The fourth-order valence-electron chi connectivity index (χ4n) is 2.83.